The van der Waals surface area contributed by atoms with E-state index < -0.39 is 17.7 Å². The number of carbonyl (C=O) groups excluding carboxylic acids is 2. The van der Waals surface area contributed by atoms with Crippen LogP contribution in [0.5, 0.6) is 11.5 Å². The molecule has 7 nitrogen and oxygen atoms in total. The van der Waals surface area contributed by atoms with Gasteiger partial charge in [-0.15, -0.1) is 0 Å². The van der Waals surface area contributed by atoms with Crippen LogP contribution in [0.1, 0.15) is 30.5 Å². The number of likely N-dealkylation sites (tertiary alicyclic amines) is 1. The van der Waals surface area contributed by atoms with Crippen LogP contribution in [0.15, 0.2) is 54.1 Å². The van der Waals surface area contributed by atoms with E-state index in [-0.39, 0.29) is 11.3 Å². The third-order valence-electron chi connectivity index (χ3n) is 5.36. The van der Waals surface area contributed by atoms with Crippen molar-refractivity contribution < 1.29 is 24.2 Å². The van der Waals surface area contributed by atoms with Gasteiger partial charge < -0.3 is 24.4 Å². The number of aliphatic hydroxyl groups excluding tert-OH is 1. The topological polar surface area (TPSA) is 79.3 Å². The summed E-state index contributed by atoms with van der Waals surface area (Å²) in [6.07, 6.45) is 0.886. The normalized spacial score (nSPS) is 17.8. The molecule has 1 N–H and O–H groups in total. The van der Waals surface area contributed by atoms with Crippen molar-refractivity contribution in [1.82, 2.24) is 9.80 Å². The smallest absolute Gasteiger partial charge is 0.295 e. The number of carbonyl (C=O) groups is 2. The number of hydrogen-bond donors (Lipinski definition) is 1. The third-order valence-corrected chi connectivity index (χ3v) is 5.36. The summed E-state index contributed by atoms with van der Waals surface area (Å²) in [5.41, 5.74) is 1.15. The van der Waals surface area contributed by atoms with Crippen LogP contribution < -0.4 is 9.47 Å². The second-order valence-electron chi connectivity index (χ2n) is 7.91. The van der Waals surface area contributed by atoms with Crippen LogP contribution in [0.3, 0.4) is 0 Å². The molecule has 2 aromatic carbocycles. The van der Waals surface area contributed by atoms with Gasteiger partial charge in [0.05, 0.1) is 25.3 Å². The number of para-hydroxylation sites is 1. The molecule has 1 aliphatic rings. The molecule has 0 aromatic heterocycles. The van der Waals surface area contributed by atoms with Crippen LogP contribution in [0.4, 0.5) is 0 Å². The van der Waals surface area contributed by atoms with E-state index in [9.17, 15) is 14.7 Å². The largest absolute Gasteiger partial charge is 0.507 e. The second kappa shape index (κ2) is 10.3. The Balaban J connectivity index is 2.10. The molecule has 3 rings (SSSR count). The number of methoxy groups -OCH3 is 1. The Hall–Kier alpha value is -3.32. The van der Waals surface area contributed by atoms with Crippen LogP contribution in [-0.4, -0.2) is 67.5 Å². The summed E-state index contributed by atoms with van der Waals surface area (Å²) in [6.45, 7) is 3.52. The van der Waals surface area contributed by atoms with Crippen molar-refractivity contribution in [2.24, 2.45) is 0 Å². The number of Topliss-reactive ketones (excluding diaryl/α,β-unsaturated/α-hetero) is 1. The minimum atomic E-state index is -0.748. The van der Waals surface area contributed by atoms with Gasteiger partial charge in [-0.05, 0) is 50.8 Å². The predicted molar refractivity (Wildman–Crippen MR) is 123 cm³/mol. The molecule has 1 saturated heterocycles. The summed E-state index contributed by atoms with van der Waals surface area (Å²) in [6, 6.07) is 13.3. The summed E-state index contributed by atoms with van der Waals surface area (Å²) < 4.78 is 11.1. The monoisotopic (exact) mass is 438 g/mol. The van der Waals surface area contributed by atoms with Crippen molar-refractivity contribution in [3.05, 3.63) is 65.2 Å². The molecule has 1 unspecified atom stereocenters. The summed E-state index contributed by atoms with van der Waals surface area (Å²) in [5.74, 6) is -0.330. The van der Waals surface area contributed by atoms with Gasteiger partial charge in [0.15, 0.2) is 0 Å². The Morgan fingerprint density at radius 2 is 1.78 bits per heavy atom. The lowest BCUT2D eigenvalue weighted by Gasteiger charge is -2.27. The van der Waals surface area contributed by atoms with Gasteiger partial charge in [0.25, 0.3) is 11.7 Å². The molecule has 7 heteroatoms. The molecule has 0 spiro atoms. The minimum Gasteiger partial charge on any atom is -0.507 e. The van der Waals surface area contributed by atoms with E-state index >= 15 is 0 Å². The number of aliphatic hydroxyl groups is 1. The quantitative estimate of drug-likeness (QED) is 0.367. The molecule has 0 saturated carbocycles. The van der Waals surface area contributed by atoms with E-state index in [4.69, 9.17) is 9.47 Å². The first-order chi connectivity index (χ1) is 15.4. The number of ketones is 1. The van der Waals surface area contributed by atoms with Crippen LogP contribution in [0, 0.1) is 0 Å². The van der Waals surface area contributed by atoms with Gasteiger partial charge in [-0.25, -0.2) is 0 Å². The Kier molecular flexibility index (Phi) is 7.53. The molecule has 32 heavy (non-hydrogen) atoms. The van der Waals surface area contributed by atoms with E-state index in [1.54, 1.807) is 37.4 Å². The molecule has 1 amide bonds. The molecular weight excluding hydrogens is 408 g/mol. The number of nitrogens with zero attached hydrogens (tertiary/aromatic N) is 2. The Bertz CT molecular complexity index is 998. The highest BCUT2D eigenvalue weighted by Gasteiger charge is 2.46. The fraction of sp³-hybridized carbons (Fsp3) is 0.360. The van der Waals surface area contributed by atoms with E-state index in [1.165, 1.54) is 4.90 Å². The molecule has 0 bridgehead atoms. The SMILES string of the molecule is CCCOc1ccc(/C(O)=C2/C(=O)C(=O)N(CCN(C)C)C2c2ccccc2OC)cc1. The van der Waals surface area contributed by atoms with E-state index in [2.05, 4.69) is 0 Å². The fourth-order valence-corrected chi connectivity index (χ4v) is 3.72. The number of likely N-dealkylation sites (N-methyl/N-ethyl adjacent to an activating group) is 1. The summed E-state index contributed by atoms with van der Waals surface area (Å²) in [4.78, 5) is 29.5. The van der Waals surface area contributed by atoms with Crippen molar-refractivity contribution in [1.29, 1.82) is 0 Å². The number of benzene rings is 2. The van der Waals surface area contributed by atoms with Gasteiger partial charge in [0.2, 0.25) is 0 Å². The predicted octanol–water partition coefficient (Wildman–Crippen LogP) is 3.47. The highest BCUT2D eigenvalue weighted by Crippen LogP contribution is 2.42. The van der Waals surface area contributed by atoms with E-state index in [0.717, 1.165) is 6.42 Å². The number of ether oxygens (including phenoxy) is 2. The van der Waals surface area contributed by atoms with Crippen molar-refractivity contribution >= 4 is 17.4 Å². The zero-order valence-electron chi connectivity index (χ0n) is 19.0. The molecule has 0 aliphatic carbocycles. The summed E-state index contributed by atoms with van der Waals surface area (Å²) >= 11 is 0. The molecule has 1 atom stereocenters. The molecule has 2 aromatic rings. The van der Waals surface area contributed by atoms with Crippen molar-refractivity contribution in [3.63, 3.8) is 0 Å². The second-order valence-corrected chi connectivity index (χ2v) is 7.91. The van der Waals surface area contributed by atoms with Gasteiger partial charge in [0, 0.05) is 24.2 Å². The zero-order chi connectivity index (χ0) is 23.3. The molecule has 1 aliphatic heterocycles. The van der Waals surface area contributed by atoms with Gasteiger partial charge in [-0.1, -0.05) is 25.1 Å². The number of hydrogen-bond acceptors (Lipinski definition) is 6. The van der Waals surface area contributed by atoms with Gasteiger partial charge >= 0.3 is 0 Å². The van der Waals surface area contributed by atoms with Crippen molar-refractivity contribution in [2.75, 3.05) is 40.9 Å². The first-order valence-corrected chi connectivity index (χ1v) is 10.7. The average Bonchev–Trinajstić information content (AvgIpc) is 3.05. The highest BCUT2D eigenvalue weighted by molar-refractivity contribution is 6.46. The Labute approximate surface area is 188 Å². The van der Waals surface area contributed by atoms with E-state index in [0.29, 0.717) is 42.3 Å². The lowest BCUT2D eigenvalue weighted by molar-refractivity contribution is -0.140. The summed E-state index contributed by atoms with van der Waals surface area (Å²) in [5, 5.41) is 11.2. The van der Waals surface area contributed by atoms with Gasteiger partial charge in [-0.3, -0.25) is 9.59 Å². The first kappa shape index (κ1) is 23.3. The third kappa shape index (κ3) is 4.78. The van der Waals surface area contributed by atoms with Crippen LogP contribution in [-0.2, 0) is 9.59 Å². The maximum Gasteiger partial charge on any atom is 0.295 e. The lowest BCUT2D eigenvalue weighted by Crippen LogP contribution is -2.35. The highest BCUT2D eigenvalue weighted by atomic mass is 16.5. The maximum atomic E-state index is 13.1. The molecular formula is C25H30N2O5. The molecule has 1 heterocycles. The maximum absolute atomic E-state index is 13.1. The number of rotatable bonds is 9. The molecule has 170 valence electrons. The van der Waals surface area contributed by atoms with Gasteiger partial charge in [-0.2, -0.15) is 0 Å². The molecule has 1 fully saturated rings. The summed E-state index contributed by atoms with van der Waals surface area (Å²) in [7, 11) is 5.34. The lowest BCUT2D eigenvalue weighted by atomic mass is 9.94. The minimum absolute atomic E-state index is 0.0560. The Morgan fingerprint density at radius 1 is 1.09 bits per heavy atom. The fourth-order valence-electron chi connectivity index (χ4n) is 3.72. The molecule has 0 radical (unpaired) electrons. The zero-order valence-corrected chi connectivity index (χ0v) is 19.0. The van der Waals surface area contributed by atoms with E-state index in [1.807, 2.05) is 44.1 Å². The van der Waals surface area contributed by atoms with Crippen molar-refractivity contribution in [2.45, 2.75) is 19.4 Å². The number of amides is 1. The van der Waals surface area contributed by atoms with Crippen LogP contribution >= 0.6 is 0 Å². The van der Waals surface area contributed by atoms with Gasteiger partial charge in [0.1, 0.15) is 17.3 Å². The Morgan fingerprint density at radius 3 is 2.41 bits per heavy atom. The van der Waals surface area contributed by atoms with Crippen LogP contribution in [0.25, 0.3) is 5.76 Å². The standard InChI is InChI=1S/C25H30N2O5/c1-5-16-32-18-12-10-17(11-13-18)23(28)21-22(19-8-6-7-9-20(19)31-4)27(15-14-26(2)3)25(30)24(21)29/h6-13,22,28H,5,14-16H2,1-4H3/b23-21-. The first-order valence-electron chi connectivity index (χ1n) is 10.7. The van der Waals surface area contributed by atoms with Crippen molar-refractivity contribution in [3.8, 4) is 11.5 Å². The van der Waals surface area contributed by atoms with Crippen LogP contribution in [0.2, 0.25) is 0 Å². The average molecular weight is 439 g/mol.